The molecular formula is C17H13N3O5. The van der Waals surface area contributed by atoms with Crippen LogP contribution < -0.4 is 5.32 Å². The Morgan fingerprint density at radius 2 is 1.96 bits per heavy atom. The number of nitriles is 1. The molecule has 0 aliphatic rings. The first kappa shape index (κ1) is 17.6. The lowest BCUT2D eigenvalue weighted by Crippen LogP contribution is -2.42. The molecule has 1 atom stereocenters. The standard InChI is InChI=1S/C17H13N3O5/c18-10-13-5-2-1-4-11(13)9-15(17(22)23)19-16(21)12-6-3-7-14(8-12)20(24)25/h1-8,15H,9H2,(H,19,21)(H,22,23)/t15-/m0/s1. The zero-order valence-corrected chi connectivity index (χ0v) is 12.9. The summed E-state index contributed by atoms with van der Waals surface area (Å²) in [5.74, 6) is -2.02. The van der Waals surface area contributed by atoms with Gasteiger partial charge < -0.3 is 10.4 Å². The number of nitro benzene ring substituents is 1. The monoisotopic (exact) mass is 339 g/mol. The van der Waals surface area contributed by atoms with Crippen molar-refractivity contribution in [3.63, 3.8) is 0 Å². The van der Waals surface area contributed by atoms with Gasteiger partial charge in [0.1, 0.15) is 6.04 Å². The summed E-state index contributed by atoms with van der Waals surface area (Å²) in [6.45, 7) is 0. The Morgan fingerprint density at radius 3 is 2.60 bits per heavy atom. The van der Waals surface area contributed by atoms with Crippen molar-refractivity contribution in [3.05, 3.63) is 75.3 Å². The third-order valence-electron chi connectivity index (χ3n) is 3.48. The Morgan fingerprint density at radius 1 is 1.24 bits per heavy atom. The van der Waals surface area contributed by atoms with E-state index in [1.54, 1.807) is 24.3 Å². The number of carbonyl (C=O) groups excluding carboxylic acids is 1. The van der Waals surface area contributed by atoms with Crippen molar-refractivity contribution in [2.45, 2.75) is 12.5 Å². The molecule has 1 amide bonds. The molecule has 0 aliphatic carbocycles. The SMILES string of the molecule is N#Cc1ccccc1C[C@H](NC(=O)c1cccc([N+](=O)[O-])c1)C(=O)O. The summed E-state index contributed by atoms with van der Waals surface area (Å²) in [6.07, 6.45) is -0.0836. The maximum absolute atomic E-state index is 12.2. The second-order valence-electron chi connectivity index (χ2n) is 5.14. The lowest BCUT2D eigenvalue weighted by Gasteiger charge is -2.15. The van der Waals surface area contributed by atoms with Crippen LogP contribution in [0.3, 0.4) is 0 Å². The molecule has 2 aromatic rings. The Kier molecular flexibility index (Phi) is 5.43. The van der Waals surface area contributed by atoms with Gasteiger partial charge in [-0.1, -0.05) is 24.3 Å². The van der Waals surface area contributed by atoms with Crippen LogP contribution >= 0.6 is 0 Å². The Balaban J connectivity index is 2.20. The van der Waals surface area contributed by atoms with E-state index in [4.69, 9.17) is 5.26 Å². The van der Waals surface area contributed by atoms with Gasteiger partial charge >= 0.3 is 5.97 Å². The molecule has 25 heavy (non-hydrogen) atoms. The number of benzene rings is 2. The number of hydrogen-bond donors (Lipinski definition) is 2. The largest absolute Gasteiger partial charge is 0.480 e. The second-order valence-corrected chi connectivity index (χ2v) is 5.14. The fourth-order valence-corrected chi connectivity index (χ4v) is 2.23. The van der Waals surface area contributed by atoms with Crippen molar-refractivity contribution < 1.29 is 19.6 Å². The van der Waals surface area contributed by atoms with Crippen LogP contribution in [0.1, 0.15) is 21.5 Å². The van der Waals surface area contributed by atoms with E-state index in [1.807, 2.05) is 6.07 Å². The topological polar surface area (TPSA) is 133 Å². The Bertz CT molecular complexity index is 873. The number of carbonyl (C=O) groups is 2. The first-order chi connectivity index (χ1) is 11.9. The van der Waals surface area contributed by atoms with Gasteiger partial charge in [-0.05, 0) is 17.7 Å². The van der Waals surface area contributed by atoms with E-state index in [2.05, 4.69) is 5.32 Å². The molecule has 0 spiro atoms. The van der Waals surface area contributed by atoms with E-state index in [-0.39, 0.29) is 17.7 Å². The van der Waals surface area contributed by atoms with Gasteiger partial charge in [0.2, 0.25) is 0 Å². The average Bonchev–Trinajstić information content (AvgIpc) is 2.61. The van der Waals surface area contributed by atoms with E-state index in [1.165, 1.54) is 18.2 Å². The van der Waals surface area contributed by atoms with Gasteiger partial charge in [-0.25, -0.2) is 4.79 Å². The van der Waals surface area contributed by atoms with E-state index in [0.29, 0.717) is 11.1 Å². The molecule has 2 N–H and O–H groups in total. The number of carboxylic acid groups (broad SMARTS) is 1. The summed E-state index contributed by atoms with van der Waals surface area (Å²) < 4.78 is 0. The number of nitrogens with zero attached hydrogens (tertiary/aromatic N) is 2. The minimum Gasteiger partial charge on any atom is -0.480 e. The maximum atomic E-state index is 12.2. The summed E-state index contributed by atoms with van der Waals surface area (Å²) in [6, 6.07) is 12.2. The first-order valence-electron chi connectivity index (χ1n) is 7.18. The van der Waals surface area contributed by atoms with E-state index in [9.17, 15) is 24.8 Å². The summed E-state index contributed by atoms with van der Waals surface area (Å²) in [7, 11) is 0. The summed E-state index contributed by atoms with van der Waals surface area (Å²) in [5.41, 5.74) is 0.512. The Labute approximate surface area is 142 Å². The minimum atomic E-state index is -1.28. The van der Waals surface area contributed by atoms with E-state index < -0.39 is 22.8 Å². The number of nitro groups is 1. The van der Waals surface area contributed by atoms with Crippen molar-refractivity contribution in [2.75, 3.05) is 0 Å². The molecule has 126 valence electrons. The first-order valence-corrected chi connectivity index (χ1v) is 7.18. The molecule has 8 heteroatoms. The molecule has 0 saturated carbocycles. The Hall–Kier alpha value is -3.73. The fraction of sp³-hybridized carbons (Fsp3) is 0.118. The van der Waals surface area contributed by atoms with E-state index >= 15 is 0 Å². The quantitative estimate of drug-likeness (QED) is 0.610. The van der Waals surface area contributed by atoms with Crippen LogP contribution in [0.2, 0.25) is 0 Å². The molecule has 8 nitrogen and oxygen atoms in total. The smallest absolute Gasteiger partial charge is 0.326 e. The molecule has 0 fully saturated rings. The van der Waals surface area contributed by atoms with Crippen LogP contribution in [0.4, 0.5) is 5.69 Å². The molecule has 2 rings (SSSR count). The van der Waals surface area contributed by atoms with Crippen molar-refractivity contribution in [1.29, 1.82) is 5.26 Å². The van der Waals surface area contributed by atoms with Crippen LogP contribution in [0.5, 0.6) is 0 Å². The van der Waals surface area contributed by atoms with Crippen molar-refractivity contribution in [3.8, 4) is 6.07 Å². The molecule has 0 bridgehead atoms. The highest BCUT2D eigenvalue weighted by Crippen LogP contribution is 2.14. The molecule has 0 heterocycles. The molecule has 0 unspecified atom stereocenters. The van der Waals surface area contributed by atoms with Gasteiger partial charge in [0.25, 0.3) is 11.6 Å². The highest BCUT2D eigenvalue weighted by atomic mass is 16.6. The summed E-state index contributed by atoms with van der Waals surface area (Å²) >= 11 is 0. The number of rotatable bonds is 6. The number of non-ortho nitro benzene ring substituents is 1. The number of hydrogen-bond acceptors (Lipinski definition) is 5. The molecule has 0 aliphatic heterocycles. The van der Waals surface area contributed by atoms with Crippen molar-refractivity contribution in [1.82, 2.24) is 5.32 Å². The predicted molar refractivity (Wildman–Crippen MR) is 86.8 cm³/mol. The van der Waals surface area contributed by atoms with Crippen LogP contribution in [0.25, 0.3) is 0 Å². The normalized spacial score (nSPS) is 11.2. The van der Waals surface area contributed by atoms with Crippen molar-refractivity contribution >= 4 is 17.6 Å². The van der Waals surface area contributed by atoms with Gasteiger partial charge in [-0.15, -0.1) is 0 Å². The zero-order valence-electron chi connectivity index (χ0n) is 12.9. The third-order valence-corrected chi connectivity index (χ3v) is 3.48. The number of carboxylic acids is 1. The molecule has 0 saturated heterocycles. The van der Waals surface area contributed by atoms with Crippen molar-refractivity contribution in [2.24, 2.45) is 0 Å². The number of amides is 1. The van der Waals surface area contributed by atoms with Gasteiger partial charge in [0.05, 0.1) is 16.6 Å². The highest BCUT2D eigenvalue weighted by Gasteiger charge is 2.23. The number of aliphatic carboxylic acids is 1. The fourth-order valence-electron chi connectivity index (χ4n) is 2.23. The van der Waals surface area contributed by atoms with Crippen LogP contribution in [-0.4, -0.2) is 27.9 Å². The van der Waals surface area contributed by atoms with Crippen LogP contribution in [-0.2, 0) is 11.2 Å². The van der Waals surface area contributed by atoms with Crippen LogP contribution in [0, 0.1) is 21.4 Å². The predicted octanol–water partition coefficient (Wildman–Crippen LogP) is 1.89. The zero-order chi connectivity index (χ0) is 18.4. The minimum absolute atomic E-state index is 0.0194. The van der Waals surface area contributed by atoms with Gasteiger partial charge in [-0.3, -0.25) is 14.9 Å². The second kappa shape index (κ2) is 7.70. The van der Waals surface area contributed by atoms with Gasteiger partial charge in [0.15, 0.2) is 0 Å². The molecule has 2 aromatic carbocycles. The van der Waals surface area contributed by atoms with Gasteiger partial charge in [0, 0.05) is 24.1 Å². The number of nitrogens with one attached hydrogen (secondary N) is 1. The summed E-state index contributed by atoms with van der Waals surface area (Å²) in [5, 5.41) is 31.5. The lowest BCUT2D eigenvalue weighted by molar-refractivity contribution is -0.384. The van der Waals surface area contributed by atoms with E-state index in [0.717, 1.165) is 6.07 Å². The molecule has 0 radical (unpaired) electrons. The van der Waals surface area contributed by atoms with Crippen LogP contribution in [0.15, 0.2) is 48.5 Å². The summed E-state index contributed by atoms with van der Waals surface area (Å²) in [4.78, 5) is 33.8. The molecule has 0 aromatic heterocycles. The lowest BCUT2D eigenvalue weighted by atomic mass is 10.0. The molecular weight excluding hydrogens is 326 g/mol. The average molecular weight is 339 g/mol. The maximum Gasteiger partial charge on any atom is 0.326 e. The van der Waals surface area contributed by atoms with Gasteiger partial charge in [-0.2, -0.15) is 5.26 Å². The third kappa shape index (κ3) is 4.39. The highest BCUT2D eigenvalue weighted by molar-refractivity contribution is 5.97.